The molecule has 0 unspecified atom stereocenters. The Labute approximate surface area is 246 Å². The van der Waals surface area contributed by atoms with Gasteiger partial charge in [0.1, 0.15) is 12.4 Å². The minimum absolute atomic E-state index is 0.182. The van der Waals surface area contributed by atoms with Crippen molar-refractivity contribution >= 4 is 64.9 Å². The summed E-state index contributed by atoms with van der Waals surface area (Å²) in [6, 6.07) is 17.4. The maximum atomic E-state index is 13.6. The van der Waals surface area contributed by atoms with Crippen molar-refractivity contribution in [2.24, 2.45) is 5.10 Å². The molecule has 0 spiro atoms. The van der Waals surface area contributed by atoms with Gasteiger partial charge in [-0.05, 0) is 74.5 Å². The number of fused-ring (bicyclic) bond motifs is 1. The molecule has 0 amide bonds. The van der Waals surface area contributed by atoms with Gasteiger partial charge in [-0.1, -0.05) is 65.5 Å². The van der Waals surface area contributed by atoms with Crippen LogP contribution in [0.15, 0.2) is 77.9 Å². The van der Waals surface area contributed by atoms with E-state index in [1.807, 2.05) is 48.5 Å². The molecule has 38 heavy (non-hydrogen) atoms. The first-order valence-electron chi connectivity index (χ1n) is 12.5. The molecular weight excluding hydrogens is 678 g/mol. The average molecular weight is 704 g/mol. The average Bonchev–Trinajstić information content (AvgIpc) is 2.95. The van der Waals surface area contributed by atoms with Crippen LogP contribution >= 0.6 is 47.8 Å². The largest absolute Gasteiger partial charge is 0.493 e. The topological polar surface area (TPSA) is 65.7 Å². The zero-order valence-corrected chi connectivity index (χ0v) is 25.6. The van der Waals surface area contributed by atoms with Crippen LogP contribution in [0.1, 0.15) is 55.0 Å². The molecule has 0 aliphatic heterocycles. The summed E-state index contributed by atoms with van der Waals surface area (Å²) in [6.07, 6.45) is 7.13. The summed E-state index contributed by atoms with van der Waals surface area (Å²) in [5.74, 6) is 2.04. The third-order valence-corrected chi connectivity index (χ3v) is 9.35. The molecule has 0 atom stereocenters. The fourth-order valence-electron chi connectivity index (χ4n) is 4.74. The predicted molar refractivity (Wildman–Crippen MR) is 162 cm³/mol. The second kappa shape index (κ2) is 12.1. The Morgan fingerprint density at radius 2 is 1.79 bits per heavy atom. The van der Waals surface area contributed by atoms with E-state index in [1.54, 1.807) is 19.4 Å². The van der Waals surface area contributed by atoms with E-state index in [4.69, 9.17) is 14.5 Å². The third kappa shape index (κ3) is 5.75. The molecule has 1 saturated carbocycles. The SMILES string of the molecule is COc1cc(C=Nn2c(C3CCCCC3)nc3ccc(Br)cc3c2=O)c(Br)c(Br)c1OCc1ccccc1. The van der Waals surface area contributed by atoms with Crippen LogP contribution in [0, 0.1) is 0 Å². The lowest BCUT2D eigenvalue weighted by atomic mass is 9.88. The quantitative estimate of drug-likeness (QED) is 0.182. The first kappa shape index (κ1) is 27.1. The van der Waals surface area contributed by atoms with Gasteiger partial charge in [0.05, 0.1) is 28.7 Å². The van der Waals surface area contributed by atoms with E-state index in [2.05, 4.69) is 52.9 Å². The first-order chi connectivity index (χ1) is 18.5. The number of hydrogen-bond donors (Lipinski definition) is 0. The van der Waals surface area contributed by atoms with Crippen LogP contribution in [0.4, 0.5) is 0 Å². The third-order valence-electron chi connectivity index (χ3n) is 6.72. The van der Waals surface area contributed by atoms with Gasteiger partial charge in [-0.3, -0.25) is 4.79 Å². The summed E-state index contributed by atoms with van der Waals surface area (Å²) in [6.45, 7) is 0.397. The van der Waals surface area contributed by atoms with E-state index in [9.17, 15) is 4.79 Å². The molecule has 0 saturated heterocycles. The van der Waals surface area contributed by atoms with E-state index in [1.165, 1.54) is 11.1 Å². The van der Waals surface area contributed by atoms with E-state index < -0.39 is 0 Å². The van der Waals surface area contributed by atoms with Gasteiger partial charge in [0.15, 0.2) is 11.5 Å². The molecule has 5 rings (SSSR count). The van der Waals surface area contributed by atoms with E-state index in [0.717, 1.165) is 45.8 Å². The lowest BCUT2D eigenvalue weighted by molar-refractivity contribution is 0.282. The van der Waals surface area contributed by atoms with Crippen molar-refractivity contribution in [3.63, 3.8) is 0 Å². The van der Waals surface area contributed by atoms with Crippen molar-refractivity contribution < 1.29 is 9.47 Å². The lowest BCUT2D eigenvalue weighted by Gasteiger charge is -2.22. The standard InChI is InChI=1S/C29H26Br3N3O3/c1-37-24-14-20(25(31)26(32)27(24)38-17-18-8-4-2-5-9-18)16-33-35-28(19-10-6-3-7-11-19)34-23-13-12-21(30)15-22(23)29(35)36/h2,4-5,8-9,12-16,19H,3,6-7,10-11,17H2,1H3. The summed E-state index contributed by atoms with van der Waals surface area (Å²) >= 11 is 10.8. The maximum Gasteiger partial charge on any atom is 0.282 e. The molecule has 1 aromatic heterocycles. The Hall–Kier alpha value is -2.49. The fraction of sp³-hybridized carbons (Fsp3) is 0.276. The number of rotatable bonds is 7. The Balaban J connectivity index is 1.55. The normalized spacial score (nSPS) is 14.3. The van der Waals surface area contributed by atoms with Crippen LogP contribution in [0.25, 0.3) is 10.9 Å². The van der Waals surface area contributed by atoms with Gasteiger partial charge < -0.3 is 9.47 Å². The van der Waals surface area contributed by atoms with Gasteiger partial charge in [-0.25, -0.2) is 4.98 Å². The van der Waals surface area contributed by atoms with Crippen molar-refractivity contribution in [2.45, 2.75) is 44.6 Å². The van der Waals surface area contributed by atoms with Gasteiger partial charge in [0.2, 0.25) is 0 Å². The molecule has 0 N–H and O–H groups in total. The van der Waals surface area contributed by atoms with Crippen molar-refractivity contribution in [3.05, 3.63) is 95.3 Å². The van der Waals surface area contributed by atoms with E-state index >= 15 is 0 Å². The van der Waals surface area contributed by atoms with Crippen LogP contribution < -0.4 is 15.0 Å². The zero-order chi connectivity index (χ0) is 26.6. The molecule has 6 nitrogen and oxygen atoms in total. The van der Waals surface area contributed by atoms with Crippen molar-refractivity contribution in [2.75, 3.05) is 7.11 Å². The maximum absolute atomic E-state index is 13.6. The van der Waals surface area contributed by atoms with Gasteiger partial charge in [0.25, 0.3) is 5.56 Å². The molecule has 1 aliphatic carbocycles. The van der Waals surface area contributed by atoms with Crippen molar-refractivity contribution in [1.82, 2.24) is 9.66 Å². The second-order valence-corrected chi connectivity index (χ2v) is 11.7. The predicted octanol–water partition coefficient (Wildman–Crippen LogP) is 8.20. The number of benzene rings is 3. The van der Waals surface area contributed by atoms with Crippen LogP contribution in [-0.2, 0) is 6.61 Å². The van der Waals surface area contributed by atoms with Gasteiger partial charge in [0, 0.05) is 20.4 Å². The van der Waals surface area contributed by atoms with Gasteiger partial charge >= 0.3 is 0 Å². The minimum Gasteiger partial charge on any atom is -0.493 e. The molecule has 3 aromatic carbocycles. The zero-order valence-electron chi connectivity index (χ0n) is 20.8. The van der Waals surface area contributed by atoms with Gasteiger partial charge in [-0.15, -0.1) is 0 Å². The number of methoxy groups -OCH3 is 1. The Bertz CT molecular complexity index is 1550. The highest BCUT2D eigenvalue weighted by Gasteiger charge is 2.23. The summed E-state index contributed by atoms with van der Waals surface area (Å²) in [5, 5.41) is 5.21. The molecule has 0 radical (unpaired) electrons. The number of hydrogen-bond acceptors (Lipinski definition) is 5. The van der Waals surface area contributed by atoms with Crippen LogP contribution in [0.3, 0.4) is 0 Å². The Kier molecular flexibility index (Phi) is 8.65. The highest BCUT2D eigenvalue weighted by molar-refractivity contribution is 9.13. The minimum atomic E-state index is -0.182. The highest BCUT2D eigenvalue weighted by Crippen LogP contribution is 2.42. The fourth-order valence-corrected chi connectivity index (χ4v) is 6.03. The summed E-state index contributed by atoms with van der Waals surface area (Å²) in [5.41, 5.74) is 2.29. The molecule has 1 aliphatic rings. The van der Waals surface area contributed by atoms with Crippen LogP contribution in [-0.4, -0.2) is 23.0 Å². The van der Waals surface area contributed by atoms with Crippen molar-refractivity contribution in [1.29, 1.82) is 0 Å². The Morgan fingerprint density at radius 3 is 2.53 bits per heavy atom. The molecule has 4 aromatic rings. The Morgan fingerprint density at radius 1 is 1.03 bits per heavy atom. The monoisotopic (exact) mass is 701 g/mol. The molecule has 1 fully saturated rings. The smallest absolute Gasteiger partial charge is 0.282 e. The van der Waals surface area contributed by atoms with E-state index in [-0.39, 0.29) is 11.5 Å². The summed E-state index contributed by atoms with van der Waals surface area (Å²) in [7, 11) is 1.60. The van der Waals surface area contributed by atoms with E-state index in [0.29, 0.717) is 39.3 Å². The lowest BCUT2D eigenvalue weighted by Crippen LogP contribution is -2.25. The molecule has 9 heteroatoms. The number of nitrogens with zero attached hydrogens (tertiary/aromatic N) is 3. The van der Waals surface area contributed by atoms with Crippen LogP contribution in [0.5, 0.6) is 11.5 Å². The first-order valence-corrected chi connectivity index (χ1v) is 14.8. The summed E-state index contributed by atoms with van der Waals surface area (Å²) in [4.78, 5) is 18.6. The number of aromatic nitrogens is 2. The summed E-state index contributed by atoms with van der Waals surface area (Å²) < 4.78 is 15.5. The van der Waals surface area contributed by atoms with Crippen molar-refractivity contribution in [3.8, 4) is 11.5 Å². The number of halogens is 3. The molecule has 1 heterocycles. The van der Waals surface area contributed by atoms with Crippen LogP contribution in [0.2, 0.25) is 0 Å². The molecule has 0 bridgehead atoms. The number of ether oxygens (including phenoxy) is 2. The molecular formula is C29H26Br3N3O3. The molecule has 196 valence electrons. The van der Waals surface area contributed by atoms with Gasteiger partial charge in [-0.2, -0.15) is 9.78 Å². The second-order valence-electron chi connectivity index (χ2n) is 9.23. The highest BCUT2D eigenvalue weighted by atomic mass is 79.9.